The molecule has 0 saturated carbocycles. The maximum absolute atomic E-state index is 11.9. The number of rotatable bonds is 2. The molecule has 2 rings (SSSR count). The maximum Gasteiger partial charge on any atom is 0.230 e. The van der Waals surface area contributed by atoms with E-state index in [4.69, 9.17) is 5.26 Å². The molecule has 4 nitrogen and oxygen atoms in total. The lowest BCUT2D eigenvalue weighted by atomic mass is 9.97. The quantitative estimate of drug-likeness (QED) is 0.773. The first-order valence-corrected chi connectivity index (χ1v) is 5.27. The van der Waals surface area contributed by atoms with Gasteiger partial charge in [-0.1, -0.05) is 18.2 Å². The van der Waals surface area contributed by atoms with Crippen LogP contribution < -0.4 is 10.6 Å². The summed E-state index contributed by atoms with van der Waals surface area (Å²) in [6, 6.07) is 11.5. The molecule has 2 atom stereocenters. The second kappa shape index (κ2) is 4.77. The molecule has 2 N–H and O–H groups in total. The van der Waals surface area contributed by atoms with Crippen LogP contribution in [-0.4, -0.2) is 19.0 Å². The van der Waals surface area contributed by atoms with Gasteiger partial charge >= 0.3 is 0 Å². The number of hydrogen-bond donors (Lipinski definition) is 2. The van der Waals surface area contributed by atoms with Crippen molar-refractivity contribution in [1.29, 1.82) is 5.26 Å². The van der Waals surface area contributed by atoms with Crippen molar-refractivity contribution >= 4 is 11.6 Å². The predicted octanol–water partition coefficient (Wildman–Crippen LogP) is 0.984. The first-order chi connectivity index (χ1) is 7.81. The Balaban J connectivity index is 2.01. The molecule has 1 aliphatic heterocycles. The fourth-order valence-corrected chi connectivity index (χ4v) is 1.85. The third-order valence-electron chi connectivity index (χ3n) is 2.76. The lowest BCUT2D eigenvalue weighted by molar-refractivity contribution is -0.119. The minimum absolute atomic E-state index is 0.0808. The van der Waals surface area contributed by atoms with Gasteiger partial charge in [-0.3, -0.25) is 4.79 Å². The average Bonchev–Trinajstić information content (AvgIpc) is 2.78. The molecule has 0 radical (unpaired) electrons. The minimum Gasteiger partial charge on any atom is -0.326 e. The van der Waals surface area contributed by atoms with E-state index in [1.54, 1.807) is 0 Å². The van der Waals surface area contributed by atoms with Gasteiger partial charge in [-0.2, -0.15) is 5.26 Å². The predicted molar refractivity (Wildman–Crippen MR) is 60.5 cm³/mol. The molecule has 0 aromatic heterocycles. The minimum atomic E-state index is -0.245. The highest BCUT2D eigenvalue weighted by atomic mass is 16.1. The van der Waals surface area contributed by atoms with Crippen LogP contribution in [0.4, 0.5) is 5.69 Å². The number of nitriles is 1. The largest absolute Gasteiger partial charge is 0.326 e. The van der Waals surface area contributed by atoms with E-state index in [2.05, 4.69) is 16.7 Å². The van der Waals surface area contributed by atoms with Gasteiger partial charge in [-0.05, 0) is 12.1 Å². The Hall–Kier alpha value is -1.86. The topological polar surface area (TPSA) is 64.9 Å². The Morgan fingerprint density at radius 2 is 2.12 bits per heavy atom. The van der Waals surface area contributed by atoms with E-state index in [0.717, 1.165) is 5.69 Å². The molecule has 1 fully saturated rings. The second-order valence-corrected chi connectivity index (χ2v) is 3.86. The molecule has 82 valence electrons. The molecular formula is C12H13N3O. The van der Waals surface area contributed by atoms with Crippen LogP contribution in [-0.2, 0) is 4.79 Å². The molecule has 2 unspecified atom stereocenters. The average molecular weight is 215 g/mol. The number of benzene rings is 1. The molecule has 0 aliphatic carbocycles. The van der Waals surface area contributed by atoms with Crippen molar-refractivity contribution in [2.45, 2.75) is 0 Å². The number of anilines is 1. The number of para-hydroxylation sites is 1. The van der Waals surface area contributed by atoms with Gasteiger partial charge in [-0.25, -0.2) is 0 Å². The molecule has 1 aromatic carbocycles. The first-order valence-electron chi connectivity index (χ1n) is 5.27. The molecular weight excluding hydrogens is 202 g/mol. The zero-order valence-corrected chi connectivity index (χ0v) is 8.81. The highest BCUT2D eigenvalue weighted by Gasteiger charge is 2.32. The lowest BCUT2D eigenvalue weighted by Gasteiger charge is -2.12. The van der Waals surface area contributed by atoms with Gasteiger partial charge in [0.15, 0.2) is 0 Å². The summed E-state index contributed by atoms with van der Waals surface area (Å²) in [6.07, 6.45) is 0. The Bertz CT molecular complexity index is 410. The molecule has 1 heterocycles. The van der Waals surface area contributed by atoms with Crippen LogP contribution in [0.15, 0.2) is 30.3 Å². The number of nitrogens with one attached hydrogen (secondary N) is 2. The summed E-state index contributed by atoms with van der Waals surface area (Å²) in [7, 11) is 0. The van der Waals surface area contributed by atoms with E-state index in [-0.39, 0.29) is 17.7 Å². The summed E-state index contributed by atoms with van der Waals surface area (Å²) in [5.74, 6) is -0.545. The summed E-state index contributed by atoms with van der Waals surface area (Å²) in [5.41, 5.74) is 0.774. The van der Waals surface area contributed by atoms with Crippen molar-refractivity contribution in [3.05, 3.63) is 30.3 Å². The zero-order chi connectivity index (χ0) is 11.4. The molecule has 0 spiro atoms. The second-order valence-electron chi connectivity index (χ2n) is 3.86. The summed E-state index contributed by atoms with van der Waals surface area (Å²) >= 11 is 0. The van der Waals surface area contributed by atoms with Gasteiger partial charge in [0.2, 0.25) is 5.91 Å². The third kappa shape index (κ3) is 2.20. The maximum atomic E-state index is 11.9. The van der Waals surface area contributed by atoms with Crippen molar-refractivity contribution in [3.63, 3.8) is 0 Å². The van der Waals surface area contributed by atoms with Gasteiger partial charge in [0.05, 0.1) is 17.9 Å². The van der Waals surface area contributed by atoms with Crippen LogP contribution in [0.1, 0.15) is 0 Å². The van der Waals surface area contributed by atoms with E-state index in [9.17, 15) is 4.79 Å². The molecule has 1 aromatic rings. The summed E-state index contributed by atoms with van der Waals surface area (Å²) in [5, 5.41) is 14.8. The van der Waals surface area contributed by atoms with Gasteiger partial charge in [0.25, 0.3) is 0 Å². The number of carbonyl (C=O) groups is 1. The molecule has 1 saturated heterocycles. The van der Waals surface area contributed by atoms with Crippen LogP contribution in [0, 0.1) is 23.2 Å². The fraction of sp³-hybridized carbons (Fsp3) is 0.333. The van der Waals surface area contributed by atoms with E-state index in [1.807, 2.05) is 30.3 Å². The summed E-state index contributed by atoms with van der Waals surface area (Å²) in [6.45, 7) is 1.18. The van der Waals surface area contributed by atoms with Gasteiger partial charge < -0.3 is 10.6 Å². The molecule has 16 heavy (non-hydrogen) atoms. The van der Waals surface area contributed by atoms with Crippen LogP contribution >= 0.6 is 0 Å². The Kier molecular flexibility index (Phi) is 3.18. The van der Waals surface area contributed by atoms with E-state index < -0.39 is 0 Å². The van der Waals surface area contributed by atoms with Crippen LogP contribution in [0.5, 0.6) is 0 Å². The van der Waals surface area contributed by atoms with Gasteiger partial charge in [-0.15, -0.1) is 0 Å². The first kappa shape index (κ1) is 10.7. The lowest BCUT2D eigenvalue weighted by Crippen LogP contribution is -2.28. The highest BCUT2D eigenvalue weighted by molar-refractivity contribution is 5.93. The fourth-order valence-electron chi connectivity index (χ4n) is 1.85. The monoisotopic (exact) mass is 215 g/mol. The van der Waals surface area contributed by atoms with Crippen molar-refractivity contribution in [3.8, 4) is 6.07 Å². The Morgan fingerprint density at radius 1 is 1.38 bits per heavy atom. The van der Waals surface area contributed by atoms with E-state index in [0.29, 0.717) is 13.1 Å². The SMILES string of the molecule is N#CC1CNCC1C(=O)Nc1ccccc1. The Labute approximate surface area is 94.3 Å². The van der Waals surface area contributed by atoms with Crippen LogP contribution in [0.2, 0.25) is 0 Å². The van der Waals surface area contributed by atoms with Gasteiger partial charge in [0.1, 0.15) is 0 Å². The normalized spacial score (nSPS) is 23.7. The third-order valence-corrected chi connectivity index (χ3v) is 2.76. The number of hydrogen-bond acceptors (Lipinski definition) is 3. The van der Waals surface area contributed by atoms with E-state index in [1.165, 1.54) is 0 Å². The van der Waals surface area contributed by atoms with Crippen molar-refractivity contribution < 1.29 is 4.79 Å². The molecule has 0 bridgehead atoms. The summed E-state index contributed by atoms with van der Waals surface area (Å²) < 4.78 is 0. The van der Waals surface area contributed by atoms with Crippen LogP contribution in [0.25, 0.3) is 0 Å². The Morgan fingerprint density at radius 3 is 2.81 bits per heavy atom. The number of carbonyl (C=O) groups excluding carboxylic acids is 1. The smallest absolute Gasteiger partial charge is 0.230 e. The highest BCUT2D eigenvalue weighted by Crippen LogP contribution is 2.18. The molecule has 1 aliphatic rings. The van der Waals surface area contributed by atoms with Crippen LogP contribution in [0.3, 0.4) is 0 Å². The summed E-state index contributed by atoms with van der Waals surface area (Å²) in [4.78, 5) is 11.9. The van der Waals surface area contributed by atoms with Crippen molar-refractivity contribution in [1.82, 2.24) is 5.32 Å². The van der Waals surface area contributed by atoms with E-state index >= 15 is 0 Å². The number of amides is 1. The molecule has 4 heteroatoms. The van der Waals surface area contributed by atoms with Crippen molar-refractivity contribution in [2.24, 2.45) is 11.8 Å². The molecule has 1 amide bonds. The van der Waals surface area contributed by atoms with Crippen molar-refractivity contribution in [2.75, 3.05) is 18.4 Å². The standard InChI is InChI=1S/C12H13N3O/c13-6-9-7-14-8-11(9)12(16)15-10-4-2-1-3-5-10/h1-5,9,11,14H,7-8H2,(H,15,16). The zero-order valence-electron chi connectivity index (χ0n) is 8.81. The number of nitrogens with zero attached hydrogens (tertiary/aromatic N) is 1. The van der Waals surface area contributed by atoms with Gasteiger partial charge in [0, 0.05) is 18.8 Å².